The number of fused-ring (bicyclic) bond motifs is 7. The van der Waals surface area contributed by atoms with Crippen LogP contribution in [0, 0.1) is 0 Å². The van der Waals surface area contributed by atoms with Gasteiger partial charge in [0.15, 0.2) is 23.1 Å². The van der Waals surface area contributed by atoms with E-state index < -0.39 is 63.9 Å². The number of aromatic hydroxyl groups is 3. The zero-order chi connectivity index (χ0) is 32.0. The third-order valence-corrected chi connectivity index (χ3v) is 8.30. The van der Waals surface area contributed by atoms with Crippen LogP contribution in [0.1, 0.15) is 68.9 Å². The molecule has 0 fully saturated rings. The van der Waals surface area contributed by atoms with Crippen LogP contribution in [0.4, 0.5) is 0 Å². The second-order valence-corrected chi connectivity index (χ2v) is 11.9. The first-order valence-electron chi connectivity index (χ1n) is 13.6. The zero-order valence-electron chi connectivity index (χ0n) is 24.2. The second kappa shape index (κ2) is 9.53. The number of carbonyl (C=O) groups is 4. The van der Waals surface area contributed by atoms with E-state index in [4.69, 9.17) is 14.2 Å². The maximum atomic E-state index is 13.3. The van der Waals surface area contributed by atoms with Gasteiger partial charge >= 0.3 is 5.97 Å². The Labute approximate surface area is 249 Å². The minimum atomic E-state index is -1.79. The number of ketones is 3. The number of phenolic OH excluding ortho intramolecular Hbond substituents is 3. The van der Waals surface area contributed by atoms with Gasteiger partial charge in [0.1, 0.15) is 23.0 Å². The molecule has 2 aliphatic carbocycles. The van der Waals surface area contributed by atoms with Crippen LogP contribution >= 0.6 is 0 Å². The Bertz CT molecular complexity index is 1910. The summed E-state index contributed by atoms with van der Waals surface area (Å²) in [4.78, 5) is 52.7. The molecule has 228 valence electrons. The highest BCUT2D eigenvalue weighted by atomic mass is 16.5. The van der Waals surface area contributed by atoms with Gasteiger partial charge in [0.2, 0.25) is 5.78 Å². The Balaban J connectivity index is 1.79. The largest absolute Gasteiger partial charge is 0.507 e. The molecule has 3 aliphatic rings. The molecule has 0 saturated carbocycles. The molecule has 0 aromatic heterocycles. The fourth-order valence-corrected chi connectivity index (χ4v) is 6.50. The number of esters is 1. The number of ether oxygens (including phenoxy) is 3. The molecule has 6 rings (SSSR count). The molecular formula is C32H28O12. The third-order valence-electron chi connectivity index (χ3n) is 8.30. The number of phenols is 3. The van der Waals surface area contributed by atoms with Gasteiger partial charge in [-0.15, -0.1) is 0 Å². The number of allylic oxidation sites excluding steroid dienone is 2. The van der Waals surface area contributed by atoms with E-state index in [-0.39, 0.29) is 80.5 Å². The summed E-state index contributed by atoms with van der Waals surface area (Å²) >= 11 is 0. The molecule has 1 aliphatic heterocycles. The van der Waals surface area contributed by atoms with Gasteiger partial charge in [-0.25, -0.2) is 0 Å². The van der Waals surface area contributed by atoms with E-state index in [0.717, 1.165) is 6.08 Å². The Hall–Kier alpha value is -4.94. The van der Waals surface area contributed by atoms with Crippen molar-refractivity contribution in [2.75, 3.05) is 14.2 Å². The van der Waals surface area contributed by atoms with Gasteiger partial charge < -0.3 is 39.7 Å². The number of methoxy groups -OCH3 is 2. The average Bonchev–Trinajstić information content (AvgIpc) is 2.95. The number of rotatable bonds is 2. The molecule has 0 spiro atoms. The number of Topliss-reactive ketones (excluding diaryl/α,β-unsaturated/α-hetero) is 2. The van der Waals surface area contributed by atoms with Crippen LogP contribution in [0.2, 0.25) is 0 Å². The summed E-state index contributed by atoms with van der Waals surface area (Å²) < 4.78 is 16.4. The van der Waals surface area contributed by atoms with Crippen molar-refractivity contribution < 1.29 is 58.9 Å². The van der Waals surface area contributed by atoms with Gasteiger partial charge in [-0.2, -0.15) is 0 Å². The van der Waals surface area contributed by atoms with Gasteiger partial charge in [0, 0.05) is 47.4 Å². The minimum Gasteiger partial charge on any atom is -0.507 e. The molecule has 0 saturated heterocycles. The van der Waals surface area contributed by atoms with Crippen molar-refractivity contribution in [3.8, 4) is 39.9 Å². The molecule has 0 unspecified atom stereocenters. The molecule has 0 amide bonds. The van der Waals surface area contributed by atoms with E-state index in [1.807, 2.05) is 0 Å². The van der Waals surface area contributed by atoms with Crippen LogP contribution in [-0.4, -0.2) is 74.3 Å². The quantitative estimate of drug-likeness (QED) is 0.163. The molecule has 0 radical (unpaired) electrons. The van der Waals surface area contributed by atoms with Gasteiger partial charge in [0.25, 0.3) is 0 Å². The molecule has 12 nitrogen and oxygen atoms in total. The zero-order valence-corrected chi connectivity index (χ0v) is 24.2. The highest BCUT2D eigenvalue weighted by molar-refractivity contribution is 6.26. The Kier molecular flexibility index (Phi) is 6.31. The summed E-state index contributed by atoms with van der Waals surface area (Å²) in [7, 11) is 2.47. The molecule has 3 aromatic rings. The minimum absolute atomic E-state index is 0.0160. The SMILES string of the molecule is COC1=CC(=O)c2c(cc3c(c2O)-c2c(OC)cc4c(O)c5c(c(O)c4c2OC(=O)C[C@](C)(O)C3)C(=O)C[C@](C)(O)C5)C1=O. The second-order valence-electron chi connectivity index (χ2n) is 11.9. The third kappa shape index (κ3) is 4.20. The number of hydrogen-bond acceptors (Lipinski definition) is 12. The lowest BCUT2D eigenvalue weighted by Crippen LogP contribution is -2.35. The predicted molar refractivity (Wildman–Crippen MR) is 153 cm³/mol. The molecule has 1 heterocycles. The lowest BCUT2D eigenvalue weighted by molar-refractivity contribution is -0.138. The summed E-state index contributed by atoms with van der Waals surface area (Å²) in [5.74, 6) is -5.68. The summed E-state index contributed by atoms with van der Waals surface area (Å²) in [6.07, 6.45) is -0.493. The Morgan fingerprint density at radius 1 is 0.773 bits per heavy atom. The van der Waals surface area contributed by atoms with E-state index >= 15 is 0 Å². The molecule has 44 heavy (non-hydrogen) atoms. The fourth-order valence-electron chi connectivity index (χ4n) is 6.50. The van der Waals surface area contributed by atoms with Gasteiger partial charge in [0.05, 0.1) is 53.9 Å². The van der Waals surface area contributed by atoms with Crippen LogP contribution in [0.5, 0.6) is 28.7 Å². The summed E-state index contributed by atoms with van der Waals surface area (Å²) in [5, 5.41) is 56.2. The normalized spacial score (nSPS) is 22.9. The van der Waals surface area contributed by atoms with E-state index in [9.17, 15) is 44.7 Å². The average molecular weight is 605 g/mol. The maximum absolute atomic E-state index is 13.3. The fraction of sp³-hybridized carbons (Fsp3) is 0.312. The van der Waals surface area contributed by atoms with Crippen molar-refractivity contribution in [3.05, 3.63) is 51.8 Å². The standard InChI is InChI=1S/C32H28O12/c1-31(40)8-12-5-13-22(16(33)7-19(43-4)27(13)37)28(38)21(12)25-18(42-3)6-14-24(30(25)44-20(35)11-31)29(39)23-15(26(14)36)9-32(2,41)10-17(23)34/h5-7,36,38-41H,8-11H2,1-4H3/t31-,32-/m1/s1. The van der Waals surface area contributed by atoms with Crippen LogP contribution in [-0.2, 0) is 22.4 Å². The van der Waals surface area contributed by atoms with Crippen LogP contribution < -0.4 is 9.47 Å². The first-order valence-corrected chi connectivity index (χ1v) is 13.6. The van der Waals surface area contributed by atoms with Crippen molar-refractivity contribution in [3.63, 3.8) is 0 Å². The van der Waals surface area contributed by atoms with Crippen molar-refractivity contribution >= 4 is 34.1 Å². The highest BCUT2D eigenvalue weighted by Crippen LogP contribution is 2.56. The number of carbonyl (C=O) groups excluding carboxylic acids is 4. The topological polar surface area (TPSA) is 197 Å². The maximum Gasteiger partial charge on any atom is 0.314 e. The Morgan fingerprint density at radius 3 is 2.11 bits per heavy atom. The van der Waals surface area contributed by atoms with Crippen molar-refractivity contribution in [1.29, 1.82) is 0 Å². The number of aliphatic hydroxyl groups is 2. The number of benzene rings is 3. The Morgan fingerprint density at radius 2 is 1.45 bits per heavy atom. The first kappa shape index (κ1) is 29.1. The van der Waals surface area contributed by atoms with Gasteiger partial charge in [-0.1, -0.05) is 0 Å². The summed E-state index contributed by atoms with van der Waals surface area (Å²) in [6, 6.07) is 2.60. The molecule has 2 atom stereocenters. The molecule has 0 bridgehead atoms. The highest BCUT2D eigenvalue weighted by Gasteiger charge is 2.42. The molecule has 5 N–H and O–H groups in total. The van der Waals surface area contributed by atoms with Crippen LogP contribution in [0.15, 0.2) is 24.0 Å². The lowest BCUT2D eigenvalue weighted by Gasteiger charge is -2.31. The van der Waals surface area contributed by atoms with E-state index in [1.54, 1.807) is 0 Å². The summed E-state index contributed by atoms with van der Waals surface area (Å²) in [6.45, 7) is 2.77. The number of hydrogen-bond donors (Lipinski definition) is 5. The smallest absolute Gasteiger partial charge is 0.314 e. The van der Waals surface area contributed by atoms with E-state index in [1.165, 1.54) is 40.2 Å². The lowest BCUT2D eigenvalue weighted by atomic mass is 9.77. The van der Waals surface area contributed by atoms with Gasteiger partial charge in [-0.3, -0.25) is 19.2 Å². The van der Waals surface area contributed by atoms with Gasteiger partial charge in [-0.05, 0) is 31.5 Å². The molecule has 12 heteroatoms. The predicted octanol–water partition coefficient (Wildman–Crippen LogP) is 3.02. The summed E-state index contributed by atoms with van der Waals surface area (Å²) in [5.41, 5.74) is -4.32. The first-order chi connectivity index (χ1) is 20.6. The molecule has 3 aromatic carbocycles. The molecular weight excluding hydrogens is 576 g/mol. The van der Waals surface area contributed by atoms with Crippen molar-refractivity contribution in [2.45, 2.75) is 50.7 Å². The van der Waals surface area contributed by atoms with Crippen LogP contribution in [0.3, 0.4) is 0 Å². The van der Waals surface area contributed by atoms with Crippen molar-refractivity contribution in [2.24, 2.45) is 0 Å². The van der Waals surface area contributed by atoms with E-state index in [2.05, 4.69) is 0 Å². The van der Waals surface area contributed by atoms with Crippen LogP contribution in [0.25, 0.3) is 21.9 Å². The van der Waals surface area contributed by atoms with Crippen molar-refractivity contribution in [1.82, 2.24) is 0 Å². The van der Waals surface area contributed by atoms with E-state index in [0.29, 0.717) is 0 Å². The monoisotopic (exact) mass is 604 g/mol.